The predicted octanol–water partition coefficient (Wildman–Crippen LogP) is 2.45. The quantitative estimate of drug-likeness (QED) is 0.574. The molecule has 0 aliphatic carbocycles. The lowest BCUT2D eigenvalue weighted by atomic mass is 10.4. The molecule has 0 amide bonds. The van der Waals surface area contributed by atoms with Crippen molar-refractivity contribution >= 4 is 33.0 Å². The van der Waals surface area contributed by atoms with Crippen molar-refractivity contribution < 1.29 is 13.2 Å². The van der Waals surface area contributed by atoms with E-state index in [-0.39, 0.29) is 0 Å². The molecule has 0 unspecified atom stereocenters. The Labute approximate surface area is 118 Å². The number of sulfonamides is 1. The number of halogens is 1. The van der Waals surface area contributed by atoms with E-state index in [2.05, 4.69) is 0 Å². The van der Waals surface area contributed by atoms with Crippen molar-refractivity contribution in [3.63, 3.8) is 0 Å². The predicted molar refractivity (Wildman–Crippen MR) is 74.9 cm³/mol. The number of aryl methyl sites for hydroxylation is 1. The molecule has 0 aliphatic rings. The van der Waals surface area contributed by atoms with E-state index in [0.29, 0.717) is 30.3 Å². The van der Waals surface area contributed by atoms with E-state index in [1.807, 2.05) is 0 Å². The van der Waals surface area contributed by atoms with E-state index < -0.39 is 10.0 Å². The zero-order valence-electron chi connectivity index (χ0n) is 10.8. The Morgan fingerprint density at radius 2 is 2.17 bits per heavy atom. The van der Waals surface area contributed by atoms with E-state index in [4.69, 9.17) is 16.3 Å². The summed E-state index contributed by atoms with van der Waals surface area (Å²) in [4.78, 5) is 2.02. The number of alkyl halides is 1. The number of hydrogen-bond acceptors (Lipinski definition) is 4. The third kappa shape index (κ3) is 3.68. The van der Waals surface area contributed by atoms with Crippen LogP contribution in [0.5, 0.6) is 0 Å². The molecular formula is C11H18ClNO3S2. The zero-order chi connectivity index (χ0) is 13.8. The highest BCUT2D eigenvalue weighted by atomic mass is 35.5. The molecule has 0 bridgehead atoms. The van der Waals surface area contributed by atoms with Crippen LogP contribution in [0.25, 0.3) is 0 Å². The molecular weight excluding hydrogens is 294 g/mol. The van der Waals surface area contributed by atoms with Gasteiger partial charge >= 0.3 is 0 Å². The summed E-state index contributed by atoms with van der Waals surface area (Å²) in [6, 6.07) is 1.66. The van der Waals surface area contributed by atoms with Gasteiger partial charge in [0, 0.05) is 37.1 Å². The van der Waals surface area contributed by atoms with Gasteiger partial charge in [-0.2, -0.15) is 0 Å². The Morgan fingerprint density at radius 3 is 2.67 bits per heavy atom. The summed E-state index contributed by atoms with van der Waals surface area (Å²) < 4.78 is 30.9. The molecule has 0 spiro atoms. The third-order valence-corrected chi connectivity index (χ3v) is 6.17. The second-order valence-corrected chi connectivity index (χ2v) is 7.56. The summed E-state index contributed by atoms with van der Waals surface area (Å²) in [5.74, 6) is 0.342. The summed E-state index contributed by atoms with van der Waals surface area (Å²) in [6.45, 7) is 2.80. The topological polar surface area (TPSA) is 46.6 Å². The molecule has 0 saturated carbocycles. The fourth-order valence-electron chi connectivity index (χ4n) is 1.57. The van der Waals surface area contributed by atoms with Gasteiger partial charge in [-0.1, -0.05) is 0 Å². The molecule has 7 heteroatoms. The van der Waals surface area contributed by atoms with Gasteiger partial charge in [-0.05, 0) is 19.4 Å². The molecule has 1 heterocycles. The molecule has 1 aromatic rings. The van der Waals surface area contributed by atoms with Gasteiger partial charge in [-0.15, -0.1) is 22.9 Å². The molecule has 0 atom stereocenters. The number of methoxy groups -OCH3 is 1. The van der Waals surface area contributed by atoms with Crippen LogP contribution in [0, 0.1) is 6.92 Å². The van der Waals surface area contributed by atoms with Gasteiger partial charge in [-0.3, -0.25) is 0 Å². The van der Waals surface area contributed by atoms with Crippen LogP contribution < -0.4 is 0 Å². The van der Waals surface area contributed by atoms with Crippen molar-refractivity contribution in [3.8, 4) is 0 Å². The van der Waals surface area contributed by atoms with Crippen molar-refractivity contribution in [1.82, 2.24) is 4.31 Å². The molecule has 0 aliphatic heterocycles. The van der Waals surface area contributed by atoms with E-state index in [1.165, 1.54) is 15.6 Å². The Morgan fingerprint density at radius 1 is 1.50 bits per heavy atom. The van der Waals surface area contributed by atoms with E-state index in [0.717, 1.165) is 9.75 Å². The number of rotatable bonds is 7. The smallest absolute Gasteiger partial charge is 0.243 e. The number of thiophene rings is 1. The first-order valence-corrected chi connectivity index (χ1v) is 8.33. The molecule has 0 saturated heterocycles. The van der Waals surface area contributed by atoms with E-state index in [1.54, 1.807) is 27.1 Å². The summed E-state index contributed by atoms with van der Waals surface area (Å²) in [5.41, 5.74) is 0. The summed E-state index contributed by atoms with van der Waals surface area (Å²) in [6.07, 6.45) is 0.678. The monoisotopic (exact) mass is 311 g/mol. The maximum absolute atomic E-state index is 12.3. The van der Waals surface area contributed by atoms with Crippen molar-refractivity contribution in [3.05, 3.63) is 15.8 Å². The Hall–Kier alpha value is -0.140. The molecule has 18 heavy (non-hydrogen) atoms. The highest BCUT2D eigenvalue weighted by Gasteiger charge is 2.24. The first-order chi connectivity index (χ1) is 8.43. The van der Waals surface area contributed by atoms with Crippen molar-refractivity contribution in [1.29, 1.82) is 0 Å². The third-order valence-electron chi connectivity index (χ3n) is 2.56. The van der Waals surface area contributed by atoms with Crippen LogP contribution in [0.2, 0.25) is 0 Å². The van der Waals surface area contributed by atoms with Crippen molar-refractivity contribution in [2.45, 2.75) is 24.1 Å². The molecule has 0 aromatic carbocycles. The lowest BCUT2D eigenvalue weighted by Crippen LogP contribution is -2.28. The van der Waals surface area contributed by atoms with Crippen LogP contribution in [0.1, 0.15) is 16.2 Å². The largest absolute Gasteiger partial charge is 0.385 e. The first kappa shape index (κ1) is 15.9. The molecule has 0 fully saturated rings. The summed E-state index contributed by atoms with van der Waals surface area (Å²) in [5, 5.41) is 0. The standard InChI is InChI=1S/C11H18ClNO3S2/c1-9-11(7-10(8-12)17-9)18(14,15)13(2)5-4-6-16-3/h7H,4-6,8H2,1-3H3. The first-order valence-electron chi connectivity index (χ1n) is 5.54. The second kappa shape index (κ2) is 6.86. The number of ether oxygens (including phenoxy) is 1. The van der Waals surface area contributed by atoms with Crippen LogP contribution in [0.3, 0.4) is 0 Å². The SMILES string of the molecule is COCCCN(C)S(=O)(=O)c1cc(CCl)sc1C. The van der Waals surface area contributed by atoms with Crippen LogP contribution in [0.4, 0.5) is 0 Å². The Bertz CT molecular complexity index is 484. The van der Waals surface area contributed by atoms with Crippen LogP contribution >= 0.6 is 22.9 Å². The molecule has 1 rings (SSSR count). The molecule has 1 aromatic heterocycles. The van der Waals surface area contributed by atoms with Crippen LogP contribution in [-0.2, 0) is 20.6 Å². The van der Waals surface area contributed by atoms with Gasteiger partial charge in [0.05, 0.1) is 10.8 Å². The lowest BCUT2D eigenvalue weighted by molar-refractivity contribution is 0.189. The minimum atomic E-state index is -3.41. The minimum Gasteiger partial charge on any atom is -0.385 e. The molecule has 0 N–H and O–H groups in total. The van der Waals surface area contributed by atoms with Gasteiger partial charge in [0.15, 0.2) is 0 Å². The average Bonchev–Trinajstić information content (AvgIpc) is 2.71. The number of hydrogen-bond donors (Lipinski definition) is 0. The van der Waals surface area contributed by atoms with E-state index >= 15 is 0 Å². The Kier molecular flexibility index (Phi) is 6.07. The maximum atomic E-state index is 12.3. The average molecular weight is 312 g/mol. The van der Waals surface area contributed by atoms with Crippen molar-refractivity contribution in [2.24, 2.45) is 0 Å². The van der Waals surface area contributed by atoms with Gasteiger partial charge < -0.3 is 4.74 Å². The molecule has 4 nitrogen and oxygen atoms in total. The fourth-order valence-corrected chi connectivity index (χ4v) is 4.47. The molecule has 104 valence electrons. The van der Waals surface area contributed by atoms with E-state index in [9.17, 15) is 8.42 Å². The van der Waals surface area contributed by atoms with Gasteiger partial charge in [0.1, 0.15) is 0 Å². The summed E-state index contributed by atoms with van der Waals surface area (Å²) >= 11 is 7.15. The highest BCUT2D eigenvalue weighted by molar-refractivity contribution is 7.89. The zero-order valence-corrected chi connectivity index (χ0v) is 13.2. The lowest BCUT2D eigenvalue weighted by Gasteiger charge is -2.16. The fraction of sp³-hybridized carbons (Fsp3) is 0.636. The van der Waals surface area contributed by atoms with Gasteiger partial charge in [-0.25, -0.2) is 12.7 Å². The van der Waals surface area contributed by atoms with Gasteiger partial charge in [0.25, 0.3) is 0 Å². The normalized spacial score (nSPS) is 12.3. The maximum Gasteiger partial charge on any atom is 0.243 e. The minimum absolute atomic E-state index is 0.342. The summed E-state index contributed by atoms with van der Waals surface area (Å²) in [7, 11) is -0.223. The van der Waals surface area contributed by atoms with Gasteiger partial charge in [0.2, 0.25) is 10.0 Å². The molecule has 0 radical (unpaired) electrons. The Balaban J connectivity index is 2.87. The number of nitrogens with zero attached hydrogens (tertiary/aromatic N) is 1. The van der Waals surface area contributed by atoms with Crippen LogP contribution in [-0.4, -0.2) is 40.0 Å². The van der Waals surface area contributed by atoms with Crippen molar-refractivity contribution in [2.75, 3.05) is 27.3 Å². The highest BCUT2D eigenvalue weighted by Crippen LogP contribution is 2.28. The van der Waals surface area contributed by atoms with Crippen LogP contribution in [0.15, 0.2) is 11.0 Å². The second-order valence-electron chi connectivity index (χ2n) is 3.94.